The quantitative estimate of drug-likeness (QED) is 0.800. The van der Waals surface area contributed by atoms with E-state index in [1.165, 1.54) is 6.07 Å². The third-order valence-corrected chi connectivity index (χ3v) is 3.46. The van der Waals surface area contributed by atoms with Gasteiger partial charge in [-0.2, -0.15) is 18.2 Å². The van der Waals surface area contributed by atoms with E-state index in [-0.39, 0.29) is 23.7 Å². The number of alkyl halides is 3. The number of aliphatic hydroxyl groups is 1. The normalized spacial score (nSPS) is 13.1. The molecule has 0 saturated heterocycles. The van der Waals surface area contributed by atoms with E-state index in [1.54, 1.807) is 13.8 Å². The summed E-state index contributed by atoms with van der Waals surface area (Å²) in [5.41, 5.74) is -0.391. The SMILES string of the molecule is CC(C)C(CO)NC(=O)c1ccc(-c2noc(C(F)(F)F)n2)cc1F. The Morgan fingerprint density at radius 3 is 2.52 bits per heavy atom. The Bertz CT molecular complexity index is 759. The molecule has 25 heavy (non-hydrogen) atoms. The van der Waals surface area contributed by atoms with Crippen LogP contribution in [-0.4, -0.2) is 33.8 Å². The number of halogens is 4. The zero-order valence-electron chi connectivity index (χ0n) is 13.3. The molecule has 0 radical (unpaired) electrons. The van der Waals surface area contributed by atoms with E-state index in [0.717, 1.165) is 12.1 Å². The van der Waals surface area contributed by atoms with Crippen molar-refractivity contribution in [2.24, 2.45) is 5.92 Å². The van der Waals surface area contributed by atoms with E-state index < -0.39 is 35.7 Å². The Morgan fingerprint density at radius 1 is 1.36 bits per heavy atom. The Kier molecular flexibility index (Phi) is 5.41. The maximum atomic E-state index is 14.2. The first-order chi connectivity index (χ1) is 11.6. The van der Waals surface area contributed by atoms with Crippen molar-refractivity contribution in [3.63, 3.8) is 0 Å². The lowest BCUT2D eigenvalue weighted by Crippen LogP contribution is -2.41. The van der Waals surface area contributed by atoms with Crippen LogP contribution in [0.5, 0.6) is 0 Å². The van der Waals surface area contributed by atoms with Gasteiger partial charge in [-0.15, -0.1) is 0 Å². The van der Waals surface area contributed by atoms with E-state index in [4.69, 9.17) is 0 Å². The number of nitrogens with one attached hydrogen (secondary N) is 1. The molecular formula is C15H15F4N3O3. The van der Waals surface area contributed by atoms with E-state index in [2.05, 4.69) is 20.0 Å². The predicted molar refractivity (Wildman–Crippen MR) is 77.9 cm³/mol. The molecule has 1 unspecified atom stereocenters. The second-order valence-corrected chi connectivity index (χ2v) is 5.62. The molecule has 10 heteroatoms. The highest BCUT2D eigenvalue weighted by Crippen LogP contribution is 2.29. The molecule has 2 aromatic rings. The first-order valence-electron chi connectivity index (χ1n) is 7.26. The van der Waals surface area contributed by atoms with Gasteiger partial charge < -0.3 is 14.9 Å². The third-order valence-electron chi connectivity index (χ3n) is 3.46. The smallest absolute Gasteiger partial charge is 0.394 e. The fraction of sp³-hybridized carbons (Fsp3) is 0.400. The number of hydrogen-bond acceptors (Lipinski definition) is 5. The van der Waals surface area contributed by atoms with Gasteiger partial charge in [0.25, 0.3) is 5.91 Å². The summed E-state index contributed by atoms with van der Waals surface area (Å²) in [5.74, 6) is -3.79. The molecule has 136 valence electrons. The van der Waals surface area contributed by atoms with Crippen LogP contribution < -0.4 is 5.32 Å². The van der Waals surface area contributed by atoms with Gasteiger partial charge in [-0.05, 0) is 18.1 Å². The number of benzene rings is 1. The monoisotopic (exact) mass is 361 g/mol. The summed E-state index contributed by atoms with van der Waals surface area (Å²) < 4.78 is 55.6. The van der Waals surface area contributed by atoms with Crippen molar-refractivity contribution in [2.45, 2.75) is 26.1 Å². The molecule has 1 amide bonds. The molecule has 0 aliphatic carbocycles. The van der Waals surface area contributed by atoms with Crippen molar-refractivity contribution in [3.8, 4) is 11.4 Å². The summed E-state index contributed by atoms with van der Waals surface area (Å²) >= 11 is 0. The van der Waals surface area contributed by atoms with E-state index in [0.29, 0.717) is 0 Å². The molecule has 1 aromatic carbocycles. The van der Waals surface area contributed by atoms with Crippen molar-refractivity contribution in [1.82, 2.24) is 15.5 Å². The molecule has 1 atom stereocenters. The molecule has 0 aliphatic rings. The number of aromatic nitrogens is 2. The molecule has 6 nitrogen and oxygen atoms in total. The minimum Gasteiger partial charge on any atom is -0.394 e. The Morgan fingerprint density at radius 2 is 2.04 bits per heavy atom. The lowest BCUT2D eigenvalue weighted by Gasteiger charge is -2.20. The summed E-state index contributed by atoms with van der Waals surface area (Å²) in [7, 11) is 0. The topological polar surface area (TPSA) is 88.2 Å². The number of carbonyl (C=O) groups excluding carboxylic acids is 1. The van der Waals surface area contributed by atoms with Crippen molar-refractivity contribution in [1.29, 1.82) is 0 Å². The molecule has 0 saturated carbocycles. The molecule has 0 fully saturated rings. The number of hydrogen-bond donors (Lipinski definition) is 2. The molecular weight excluding hydrogens is 346 g/mol. The standard InChI is InChI=1S/C15H15F4N3O3/c1-7(2)11(6-23)20-13(24)9-4-3-8(5-10(9)16)12-21-14(25-22-12)15(17,18)19/h3-5,7,11,23H,6H2,1-2H3,(H,20,24). The lowest BCUT2D eigenvalue weighted by molar-refractivity contribution is -0.159. The van der Waals surface area contributed by atoms with Gasteiger partial charge in [0.15, 0.2) is 0 Å². The summed E-state index contributed by atoms with van der Waals surface area (Å²) in [5, 5.41) is 14.8. The summed E-state index contributed by atoms with van der Waals surface area (Å²) in [4.78, 5) is 15.2. The summed E-state index contributed by atoms with van der Waals surface area (Å²) in [6.07, 6.45) is -4.81. The second-order valence-electron chi connectivity index (χ2n) is 5.62. The summed E-state index contributed by atoms with van der Waals surface area (Å²) in [6, 6.07) is 2.58. The van der Waals surface area contributed by atoms with Gasteiger partial charge >= 0.3 is 12.1 Å². The molecule has 1 aromatic heterocycles. The van der Waals surface area contributed by atoms with Crippen molar-refractivity contribution in [3.05, 3.63) is 35.5 Å². The molecule has 1 heterocycles. The Balaban J connectivity index is 2.23. The number of aliphatic hydroxyl groups excluding tert-OH is 1. The first-order valence-corrected chi connectivity index (χ1v) is 7.26. The maximum Gasteiger partial charge on any atom is 0.471 e. The van der Waals surface area contributed by atoms with Crippen LogP contribution in [0.1, 0.15) is 30.1 Å². The predicted octanol–water partition coefficient (Wildman–Crippen LogP) is 2.64. The van der Waals surface area contributed by atoms with E-state index >= 15 is 0 Å². The number of carbonyl (C=O) groups is 1. The second kappa shape index (κ2) is 7.18. The summed E-state index contributed by atoms with van der Waals surface area (Å²) in [6.45, 7) is 3.23. The van der Waals surface area contributed by atoms with Gasteiger partial charge in [-0.3, -0.25) is 4.79 Å². The molecule has 0 spiro atoms. The minimum absolute atomic E-state index is 0.0728. The fourth-order valence-electron chi connectivity index (χ4n) is 1.96. The molecule has 0 aliphatic heterocycles. The number of amides is 1. The van der Waals surface area contributed by atoms with E-state index in [1.807, 2.05) is 0 Å². The largest absolute Gasteiger partial charge is 0.471 e. The highest BCUT2D eigenvalue weighted by atomic mass is 19.4. The van der Waals surface area contributed by atoms with Gasteiger partial charge in [-0.25, -0.2) is 4.39 Å². The molecule has 0 bridgehead atoms. The average Bonchev–Trinajstić information content (AvgIpc) is 3.02. The molecule has 2 N–H and O–H groups in total. The third kappa shape index (κ3) is 4.32. The van der Waals surface area contributed by atoms with Crippen LogP contribution in [0.2, 0.25) is 0 Å². The number of rotatable bonds is 5. The van der Waals surface area contributed by atoms with Crippen LogP contribution in [0.15, 0.2) is 22.7 Å². The van der Waals surface area contributed by atoms with Gasteiger partial charge in [0.1, 0.15) is 5.82 Å². The molecule has 2 rings (SSSR count). The van der Waals surface area contributed by atoms with Crippen LogP contribution in [0.4, 0.5) is 17.6 Å². The zero-order valence-corrected chi connectivity index (χ0v) is 13.3. The number of nitrogens with zero attached hydrogens (tertiary/aromatic N) is 2. The maximum absolute atomic E-state index is 14.2. The minimum atomic E-state index is -4.81. The van der Waals surface area contributed by atoms with Gasteiger partial charge in [0, 0.05) is 5.56 Å². The highest BCUT2D eigenvalue weighted by Gasteiger charge is 2.38. The van der Waals surface area contributed by atoms with Gasteiger partial charge in [0.2, 0.25) is 5.82 Å². The zero-order chi connectivity index (χ0) is 18.8. The van der Waals surface area contributed by atoms with Crippen LogP contribution in [0.3, 0.4) is 0 Å². The van der Waals surface area contributed by atoms with Crippen LogP contribution in [-0.2, 0) is 6.18 Å². The Labute approximate surface area is 139 Å². The average molecular weight is 361 g/mol. The first kappa shape index (κ1) is 18.8. The van der Waals surface area contributed by atoms with Crippen LogP contribution in [0.25, 0.3) is 11.4 Å². The highest BCUT2D eigenvalue weighted by molar-refractivity contribution is 5.95. The van der Waals surface area contributed by atoms with E-state index in [9.17, 15) is 27.5 Å². The van der Waals surface area contributed by atoms with Crippen molar-refractivity contribution in [2.75, 3.05) is 6.61 Å². The lowest BCUT2D eigenvalue weighted by atomic mass is 10.0. The van der Waals surface area contributed by atoms with Crippen LogP contribution in [0, 0.1) is 11.7 Å². The van der Waals surface area contributed by atoms with Crippen molar-refractivity contribution < 1.29 is 32.0 Å². The van der Waals surface area contributed by atoms with Gasteiger partial charge in [0.05, 0.1) is 18.2 Å². The van der Waals surface area contributed by atoms with Crippen LogP contribution >= 0.6 is 0 Å². The van der Waals surface area contributed by atoms with Gasteiger partial charge in [-0.1, -0.05) is 25.1 Å². The van der Waals surface area contributed by atoms with Crippen molar-refractivity contribution >= 4 is 5.91 Å². The fourth-order valence-corrected chi connectivity index (χ4v) is 1.96. The Hall–Kier alpha value is -2.49.